The lowest BCUT2D eigenvalue weighted by Crippen LogP contribution is -2.48. The smallest absolute Gasteiger partial charge is 0.244 e. The van der Waals surface area contributed by atoms with Crippen molar-refractivity contribution in [1.82, 2.24) is 4.31 Å². The van der Waals surface area contributed by atoms with Crippen LogP contribution in [-0.4, -0.2) is 45.5 Å². The molecular formula is C18H21BrN2O3S. The summed E-state index contributed by atoms with van der Waals surface area (Å²) >= 11 is 3.34. The zero-order chi connectivity index (χ0) is 17.9. The van der Waals surface area contributed by atoms with Gasteiger partial charge in [0, 0.05) is 30.7 Å². The second-order valence-electron chi connectivity index (χ2n) is 5.72. The highest BCUT2D eigenvalue weighted by molar-refractivity contribution is 9.10. The van der Waals surface area contributed by atoms with E-state index in [1.165, 1.54) is 0 Å². The summed E-state index contributed by atoms with van der Waals surface area (Å²) in [4.78, 5) is 2.50. The molecule has 1 aliphatic rings. The normalized spacial score (nSPS) is 16.0. The fraction of sp³-hybridized carbons (Fsp3) is 0.333. The Morgan fingerprint density at radius 1 is 1.00 bits per heavy atom. The first kappa shape index (κ1) is 18.2. The third kappa shape index (κ3) is 3.83. The maximum Gasteiger partial charge on any atom is 0.244 e. The number of hydrogen-bond donors (Lipinski definition) is 0. The summed E-state index contributed by atoms with van der Waals surface area (Å²) in [6.07, 6.45) is 0. The van der Waals surface area contributed by atoms with Gasteiger partial charge in [0.2, 0.25) is 10.0 Å². The van der Waals surface area contributed by atoms with Crippen molar-refractivity contribution in [2.24, 2.45) is 0 Å². The number of hydrogen-bond acceptors (Lipinski definition) is 4. The van der Waals surface area contributed by atoms with Crippen molar-refractivity contribution in [3.8, 4) is 5.75 Å². The predicted molar refractivity (Wildman–Crippen MR) is 103 cm³/mol. The zero-order valence-electron chi connectivity index (χ0n) is 14.1. The van der Waals surface area contributed by atoms with Crippen LogP contribution in [0, 0.1) is 0 Å². The van der Waals surface area contributed by atoms with Crippen molar-refractivity contribution in [2.45, 2.75) is 11.8 Å². The molecule has 25 heavy (non-hydrogen) atoms. The number of anilines is 1. The Kier molecular flexibility index (Phi) is 5.66. The Morgan fingerprint density at radius 2 is 1.64 bits per heavy atom. The van der Waals surface area contributed by atoms with Gasteiger partial charge >= 0.3 is 0 Å². The van der Waals surface area contributed by atoms with E-state index in [1.807, 2.05) is 37.3 Å². The summed E-state index contributed by atoms with van der Waals surface area (Å²) in [5.74, 6) is 0.840. The summed E-state index contributed by atoms with van der Waals surface area (Å²) in [5, 5.41) is 0. The Balaban J connectivity index is 1.75. The third-order valence-corrected chi connectivity index (χ3v) is 7.11. The molecule has 2 aromatic carbocycles. The predicted octanol–water partition coefficient (Wildman–Crippen LogP) is 3.36. The van der Waals surface area contributed by atoms with E-state index in [0.29, 0.717) is 42.2 Å². The molecule has 0 saturated carbocycles. The van der Waals surface area contributed by atoms with Crippen LogP contribution >= 0.6 is 15.9 Å². The summed E-state index contributed by atoms with van der Waals surface area (Å²) in [7, 11) is -3.49. The molecule has 0 radical (unpaired) electrons. The molecule has 2 aromatic rings. The Morgan fingerprint density at radius 3 is 2.32 bits per heavy atom. The van der Waals surface area contributed by atoms with E-state index in [9.17, 15) is 8.42 Å². The van der Waals surface area contributed by atoms with Crippen molar-refractivity contribution in [1.29, 1.82) is 0 Å². The number of piperazine rings is 1. The molecule has 0 spiro atoms. The summed E-state index contributed by atoms with van der Waals surface area (Å²) in [6, 6.07) is 14.8. The lowest BCUT2D eigenvalue weighted by atomic mass is 10.2. The minimum absolute atomic E-state index is 0.318. The minimum Gasteiger partial charge on any atom is -0.492 e. The average molecular weight is 425 g/mol. The average Bonchev–Trinajstić information content (AvgIpc) is 2.63. The first-order chi connectivity index (χ1) is 12.0. The maximum atomic E-state index is 12.9. The van der Waals surface area contributed by atoms with Gasteiger partial charge in [-0.2, -0.15) is 4.31 Å². The van der Waals surface area contributed by atoms with Gasteiger partial charge in [-0.3, -0.25) is 0 Å². The van der Waals surface area contributed by atoms with Crippen molar-refractivity contribution in [3.63, 3.8) is 0 Å². The molecule has 7 heteroatoms. The van der Waals surface area contributed by atoms with Crippen molar-refractivity contribution in [2.75, 3.05) is 37.7 Å². The summed E-state index contributed by atoms with van der Waals surface area (Å²) in [5.41, 5.74) is 1.02. The minimum atomic E-state index is -3.49. The molecule has 0 aliphatic carbocycles. The van der Waals surface area contributed by atoms with Crippen LogP contribution in [0.5, 0.6) is 5.75 Å². The number of para-hydroxylation sites is 2. The first-order valence-electron chi connectivity index (χ1n) is 8.25. The second-order valence-corrected chi connectivity index (χ2v) is 8.48. The van der Waals surface area contributed by atoms with Crippen molar-refractivity contribution in [3.05, 3.63) is 53.0 Å². The lowest BCUT2D eigenvalue weighted by Gasteiger charge is -2.36. The monoisotopic (exact) mass is 424 g/mol. The molecule has 1 heterocycles. The molecule has 0 aromatic heterocycles. The molecule has 0 bridgehead atoms. The maximum absolute atomic E-state index is 12.9. The molecule has 3 rings (SSSR count). The van der Waals surface area contributed by atoms with E-state index in [1.54, 1.807) is 22.5 Å². The molecule has 1 fully saturated rings. The number of benzene rings is 2. The van der Waals surface area contributed by atoms with Gasteiger partial charge in [-0.25, -0.2) is 8.42 Å². The number of ether oxygens (including phenoxy) is 1. The number of sulfonamides is 1. The van der Waals surface area contributed by atoms with E-state index in [4.69, 9.17) is 4.74 Å². The quantitative estimate of drug-likeness (QED) is 0.738. The van der Waals surface area contributed by atoms with Crippen LogP contribution in [-0.2, 0) is 10.0 Å². The Hall–Kier alpha value is -1.57. The van der Waals surface area contributed by atoms with E-state index < -0.39 is 10.0 Å². The van der Waals surface area contributed by atoms with Crippen LogP contribution in [0.3, 0.4) is 0 Å². The van der Waals surface area contributed by atoms with E-state index in [-0.39, 0.29) is 0 Å². The van der Waals surface area contributed by atoms with Gasteiger partial charge in [-0.15, -0.1) is 0 Å². The van der Waals surface area contributed by atoms with Crippen LogP contribution in [0.2, 0.25) is 0 Å². The van der Waals surface area contributed by atoms with Crippen LogP contribution in [0.25, 0.3) is 0 Å². The standard InChI is InChI=1S/C18H21BrN2O3S/c1-2-24-17-9-5-4-8-16(17)20-11-13-21(14-12-20)25(22,23)18-10-6-3-7-15(18)19/h3-10H,2,11-14H2,1H3. The van der Waals surface area contributed by atoms with Crippen molar-refractivity contribution >= 4 is 31.6 Å². The highest BCUT2D eigenvalue weighted by Gasteiger charge is 2.30. The molecule has 1 aliphatic heterocycles. The number of nitrogens with zero attached hydrogens (tertiary/aromatic N) is 2. The Labute approximate surface area is 157 Å². The highest BCUT2D eigenvalue weighted by atomic mass is 79.9. The first-order valence-corrected chi connectivity index (χ1v) is 10.5. The van der Waals surface area contributed by atoms with Gasteiger partial charge < -0.3 is 9.64 Å². The molecule has 0 amide bonds. The highest BCUT2D eigenvalue weighted by Crippen LogP contribution is 2.30. The largest absolute Gasteiger partial charge is 0.492 e. The van der Waals surface area contributed by atoms with Gasteiger partial charge in [0.1, 0.15) is 5.75 Å². The molecular weight excluding hydrogens is 404 g/mol. The summed E-state index contributed by atoms with van der Waals surface area (Å²) in [6.45, 7) is 4.72. The third-order valence-electron chi connectivity index (χ3n) is 4.20. The van der Waals surface area contributed by atoms with E-state index in [0.717, 1.165) is 11.4 Å². The van der Waals surface area contributed by atoms with Gasteiger partial charge in [0.05, 0.1) is 17.2 Å². The van der Waals surface area contributed by atoms with Gasteiger partial charge in [-0.05, 0) is 47.1 Å². The van der Waals surface area contributed by atoms with Crippen molar-refractivity contribution < 1.29 is 13.2 Å². The lowest BCUT2D eigenvalue weighted by molar-refractivity contribution is 0.337. The summed E-state index contributed by atoms with van der Waals surface area (Å²) < 4.78 is 33.6. The fourth-order valence-corrected chi connectivity index (χ4v) is 5.34. The van der Waals surface area contributed by atoms with Crippen LogP contribution in [0.1, 0.15) is 6.92 Å². The van der Waals surface area contributed by atoms with Crippen LogP contribution < -0.4 is 9.64 Å². The van der Waals surface area contributed by atoms with Crippen LogP contribution in [0.15, 0.2) is 57.9 Å². The molecule has 1 saturated heterocycles. The second kappa shape index (κ2) is 7.76. The van der Waals surface area contributed by atoms with E-state index >= 15 is 0 Å². The molecule has 5 nitrogen and oxygen atoms in total. The van der Waals surface area contributed by atoms with Gasteiger partial charge in [0.15, 0.2) is 0 Å². The topological polar surface area (TPSA) is 49.9 Å². The van der Waals surface area contributed by atoms with Gasteiger partial charge in [-0.1, -0.05) is 24.3 Å². The molecule has 134 valence electrons. The number of halogens is 1. The number of rotatable bonds is 5. The molecule has 0 atom stereocenters. The van der Waals surface area contributed by atoms with Gasteiger partial charge in [0.25, 0.3) is 0 Å². The Bertz CT molecular complexity index is 834. The molecule has 0 unspecified atom stereocenters. The van der Waals surface area contributed by atoms with E-state index in [2.05, 4.69) is 20.8 Å². The zero-order valence-corrected chi connectivity index (χ0v) is 16.5. The SMILES string of the molecule is CCOc1ccccc1N1CCN(S(=O)(=O)c2ccccc2Br)CC1. The fourth-order valence-electron chi connectivity index (χ4n) is 2.96. The molecule has 0 N–H and O–H groups in total. The van der Waals surface area contributed by atoms with Crippen LogP contribution in [0.4, 0.5) is 5.69 Å².